The van der Waals surface area contributed by atoms with E-state index in [0.717, 1.165) is 44.7 Å². The zero-order valence-electron chi connectivity index (χ0n) is 14.9. The number of aliphatic hydroxyl groups is 1. The van der Waals surface area contributed by atoms with Crippen LogP contribution < -0.4 is 0 Å². The van der Waals surface area contributed by atoms with Gasteiger partial charge in [-0.15, -0.1) is 0 Å². The van der Waals surface area contributed by atoms with Gasteiger partial charge in [0.05, 0.1) is 0 Å². The number of aliphatic hydroxyl groups excluding tert-OH is 1. The number of piperazine rings is 1. The van der Waals surface area contributed by atoms with E-state index in [1.165, 1.54) is 12.1 Å². The van der Waals surface area contributed by atoms with Gasteiger partial charge in [0.1, 0.15) is 0 Å². The van der Waals surface area contributed by atoms with E-state index in [1.807, 2.05) is 16.9 Å². The van der Waals surface area contributed by atoms with E-state index in [1.54, 1.807) is 12.3 Å². The molecule has 0 radical (unpaired) electrons. The summed E-state index contributed by atoms with van der Waals surface area (Å²) in [5.41, 5.74) is 0.763. The molecular formula is C19H26F2N4O. The van der Waals surface area contributed by atoms with Gasteiger partial charge >= 0.3 is 0 Å². The predicted molar refractivity (Wildman–Crippen MR) is 95.5 cm³/mol. The molecule has 1 saturated heterocycles. The molecule has 3 rings (SSSR count). The van der Waals surface area contributed by atoms with Crippen molar-refractivity contribution in [1.29, 1.82) is 0 Å². The van der Waals surface area contributed by atoms with Crippen LogP contribution in [0.3, 0.4) is 0 Å². The van der Waals surface area contributed by atoms with Crippen LogP contribution in [-0.2, 0) is 13.1 Å². The molecule has 0 bridgehead atoms. The molecule has 1 aliphatic heterocycles. The standard InChI is InChI=1S/C19H26F2N4O/c20-18-4-3-16(13-19(18)21)14-24-11-10-23(15-17(24)5-12-26)7-2-9-25-8-1-6-22-25/h1,3-4,6,8,13,17,26H,2,5,7,9-12,14-15H2/t17-/m0/s1. The summed E-state index contributed by atoms with van der Waals surface area (Å²) in [6.45, 7) is 5.25. The van der Waals surface area contributed by atoms with E-state index in [2.05, 4.69) is 14.9 Å². The number of benzene rings is 1. The largest absolute Gasteiger partial charge is 0.396 e. The average Bonchev–Trinajstić information content (AvgIpc) is 3.14. The molecule has 1 atom stereocenters. The maximum absolute atomic E-state index is 13.4. The van der Waals surface area contributed by atoms with E-state index in [-0.39, 0.29) is 12.6 Å². The van der Waals surface area contributed by atoms with Crippen LogP contribution in [0.25, 0.3) is 0 Å². The van der Waals surface area contributed by atoms with Crippen molar-refractivity contribution in [2.24, 2.45) is 0 Å². The third-order valence-electron chi connectivity index (χ3n) is 4.94. The van der Waals surface area contributed by atoms with Gasteiger partial charge in [-0.25, -0.2) is 8.78 Å². The van der Waals surface area contributed by atoms with Crippen molar-refractivity contribution < 1.29 is 13.9 Å². The molecule has 0 spiro atoms. The minimum Gasteiger partial charge on any atom is -0.396 e. The third kappa shape index (κ3) is 5.09. The summed E-state index contributed by atoms with van der Waals surface area (Å²) in [5.74, 6) is -1.62. The summed E-state index contributed by atoms with van der Waals surface area (Å²) in [5, 5.41) is 13.6. The van der Waals surface area contributed by atoms with Crippen LogP contribution in [0, 0.1) is 11.6 Å². The molecule has 1 aromatic heterocycles. The van der Waals surface area contributed by atoms with Crippen molar-refractivity contribution in [1.82, 2.24) is 19.6 Å². The Hall–Kier alpha value is -1.83. The Kier molecular flexibility index (Phi) is 6.71. The lowest BCUT2D eigenvalue weighted by Crippen LogP contribution is -2.53. The lowest BCUT2D eigenvalue weighted by atomic mass is 10.1. The Morgan fingerprint density at radius 1 is 1.15 bits per heavy atom. The van der Waals surface area contributed by atoms with Gasteiger partial charge in [0.2, 0.25) is 0 Å². The predicted octanol–water partition coefficient (Wildman–Crippen LogP) is 2.12. The summed E-state index contributed by atoms with van der Waals surface area (Å²) >= 11 is 0. The van der Waals surface area contributed by atoms with Crippen LogP contribution in [0.4, 0.5) is 8.78 Å². The topological polar surface area (TPSA) is 44.5 Å². The zero-order valence-corrected chi connectivity index (χ0v) is 14.9. The van der Waals surface area contributed by atoms with E-state index < -0.39 is 11.6 Å². The first kappa shape index (κ1) is 18.9. The van der Waals surface area contributed by atoms with Gasteiger partial charge in [-0.05, 0) is 36.6 Å². The first-order chi connectivity index (χ1) is 12.7. The van der Waals surface area contributed by atoms with E-state index in [0.29, 0.717) is 13.0 Å². The molecule has 1 N–H and O–H groups in total. The van der Waals surface area contributed by atoms with Gasteiger partial charge < -0.3 is 10.0 Å². The maximum atomic E-state index is 13.4. The third-order valence-corrected chi connectivity index (χ3v) is 4.94. The highest BCUT2D eigenvalue weighted by atomic mass is 19.2. The zero-order chi connectivity index (χ0) is 18.4. The van der Waals surface area contributed by atoms with Crippen LogP contribution in [-0.4, -0.2) is 63.5 Å². The molecule has 5 nitrogen and oxygen atoms in total. The Bertz CT molecular complexity index is 680. The van der Waals surface area contributed by atoms with Crippen LogP contribution >= 0.6 is 0 Å². The molecule has 2 aromatic rings. The average molecular weight is 364 g/mol. The van der Waals surface area contributed by atoms with Crippen molar-refractivity contribution in [3.63, 3.8) is 0 Å². The van der Waals surface area contributed by atoms with Gasteiger partial charge in [0.25, 0.3) is 0 Å². The van der Waals surface area contributed by atoms with Gasteiger partial charge in [-0.1, -0.05) is 6.07 Å². The molecule has 0 saturated carbocycles. The highest BCUT2D eigenvalue weighted by Crippen LogP contribution is 2.18. The fourth-order valence-electron chi connectivity index (χ4n) is 3.55. The first-order valence-corrected chi connectivity index (χ1v) is 9.14. The molecule has 7 heteroatoms. The monoisotopic (exact) mass is 364 g/mol. The molecule has 1 aromatic carbocycles. The van der Waals surface area contributed by atoms with Gasteiger partial charge in [-0.3, -0.25) is 9.58 Å². The van der Waals surface area contributed by atoms with Crippen molar-refractivity contribution in [3.05, 3.63) is 53.9 Å². The number of hydrogen-bond donors (Lipinski definition) is 1. The van der Waals surface area contributed by atoms with Crippen LogP contribution in [0.2, 0.25) is 0 Å². The summed E-state index contributed by atoms with van der Waals surface area (Å²) in [7, 11) is 0. The van der Waals surface area contributed by atoms with Crippen molar-refractivity contribution in [3.8, 4) is 0 Å². The minimum absolute atomic E-state index is 0.125. The minimum atomic E-state index is -0.817. The quantitative estimate of drug-likeness (QED) is 0.779. The molecule has 1 fully saturated rings. The van der Waals surface area contributed by atoms with E-state index >= 15 is 0 Å². The molecule has 1 aliphatic rings. The van der Waals surface area contributed by atoms with E-state index in [4.69, 9.17) is 0 Å². The summed E-state index contributed by atoms with van der Waals surface area (Å²) < 4.78 is 28.5. The van der Waals surface area contributed by atoms with Crippen molar-refractivity contribution >= 4 is 0 Å². The molecule has 26 heavy (non-hydrogen) atoms. The molecule has 142 valence electrons. The fourth-order valence-corrected chi connectivity index (χ4v) is 3.55. The number of aryl methyl sites for hydroxylation is 1. The lowest BCUT2D eigenvalue weighted by molar-refractivity contribution is 0.0525. The fraction of sp³-hybridized carbons (Fsp3) is 0.526. The Morgan fingerprint density at radius 2 is 2.04 bits per heavy atom. The van der Waals surface area contributed by atoms with Gasteiger partial charge in [0.15, 0.2) is 11.6 Å². The number of halogens is 2. The maximum Gasteiger partial charge on any atom is 0.159 e. The van der Waals surface area contributed by atoms with Gasteiger partial charge in [0, 0.05) is 64.3 Å². The highest BCUT2D eigenvalue weighted by molar-refractivity contribution is 5.18. The molecular weight excluding hydrogens is 338 g/mol. The number of aromatic nitrogens is 2. The van der Waals surface area contributed by atoms with Crippen molar-refractivity contribution in [2.45, 2.75) is 32.0 Å². The van der Waals surface area contributed by atoms with Gasteiger partial charge in [-0.2, -0.15) is 5.10 Å². The van der Waals surface area contributed by atoms with E-state index in [9.17, 15) is 13.9 Å². The SMILES string of the molecule is OCC[C@H]1CN(CCCn2cccn2)CCN1Cc1ccc(F)c(F)c1. The molecule has 0 aliphatic carbocycles. The molecule has 0 unspecified atom stereocenters. The van der Waals surface area contributed by atoms with Crippen molar-refractivity contribution in [2.75, 3.05) is 32.8 Å². The normalized spacial score (nSPS) is 19.1. The summed E-state index contributed by atoms with van der Waals surface area (Å²) in [4.78, 5) is 4.67. The molecule has 2 heterocycles. The van der Waals surface area contributed by atoms with Crippen LogP contribution in [0.15, 0.2) is 36.7 Å². The molecule has 0 amide bonds. The lowest BCUT2D eigenvalue weighted by Gasteiger charge is -2.41. The smallest absolute Gasteiger partial charge is 0.159 e. The Morgan fingerprint density at radius 3 is 2.77 bits per heavy atom. The second-order valence-electron chi connectivity index (χ2n) is 6.81. The second kappa shape index (κ2) is 9.21. The first-order valence-electron chi connectivity index (χ1n) is 9.14. The Labute approximate surface area is 152 Å². The highest BCUT2D eigenvalue weighted by Gasteiger charge is 2.26. The number of nitrogens with zero attached hydrogens (tertiary/aromatic N) is 4. The van der Waals surface area contributed by atoms with Crippen LogP contribution in [0.1, 0.15) is 18.4 Å². The second-order valence-corrected chi connectivity index (χ2v) is 6.81. The Balaban J connectivity index is 1.52. The summed E-state index contributed by atoms with van der Waals surface area (Å²) in [6, 6.07) is 6.21. The number of hydrogen-bond acceptors (Lipinski definition) is 4. The van der Waals surface area contributed by atoms with Crippen LogP contribution in [0.5, 0.6) is 0 Å². The summed E-state index contributed by atoms with van der Waals surface area (Å²) in [6.07, 6.45) is 5.46. The number of rotatable bonds is 8.